The third kappa shape index (κ3) is 2.11. The number of hydrogen-bond acceptors (Lipinski definition) is 4. The summed E-state index contributed by atoms with van der Waals surface area (Å²) >= 11 is 0. The number of oxazole rings is 1. The van der Waals surface area contributed by atoms with Crippen LogP contribution in [-0.4, -0.2) is 17.6 Å². The van der Waals surface area contributed by atoms with Crippen molar-refractivity contribution in [2.24, 2.45) is 0 Å². The highest BCUT2D eigenvalue weighted by molar-refractivity contribution is 5.90. The summed E-state index contributed by atoms with van der Waals surface area (Å²) in [6, 6.07) is 7.06. The molecule has 0 fully saturated rings. The Labute approximate surface area is 92.9 Å². The molecule has 16 heavy (non-hydrogen) atoms. The van der Waals surface area contributed by atoms with Crippen LogP contribution in [0, 0.1) is 0 Å². The Hall–Kier alpha value is -2.10. The first-order chi connectivity index (χ1) is 7.81. The fraction of sp³-hybridized carbons (Fsp3) is 0.167. The Morgan fingerprint density at radius 3 is 3.06 bits per heavy atom. The lowest BCUT2D eigenvalue weighted by Crippen LogP contribution is -2.04. The van der Waals surface area contributed by atoms with Crippen LogP contribution in [0.3, 0.4) is 0 Å². The summed E-state index contributed by atoms with van der Waals surface area (Å²) in [6.07, 6.45) is 2.95. The quantitative estimate of drug-likeness (QED) is 0.741. The van der Waals surface area contributed by atoms with Crippen LogP contribution >= 0.6 is 0 Å². The van der Waals surface area contributed by atoms with E-state index in [0.717, 1.165) is 5.56 Å². The van der Waals surface area contributed by atoms with E-state index in [-0.39, 0.29) is 5.97 Å². The number of benzene rings is 1. The van der Waals surface area contributed by atoms with E-state index < -0.39 is 0 Å². The summed E-state index contributed by atoms with van der Waals surface area (Å²) in [4.78, 5) is 15.3. The molecule has 0 atom stereocenters. The van der Waals surface area contributed by atoms with Gasteiger partial charge in [0, 0.05) is 5.56 Å². The van der Waals surface area contributed by atoms with E-state index in [1.165, 1.54) is 6.39 Å². The number of nitrogens with zero attached hydrogens (tertiary/aromatic N) is 1. The van der Waals surface area contributed by atoms with E-state index in [9.17, 15) is 4.79 Å². The smallest absolute Gasteiger partial charge is 0.338 e. The van der Waals surface area contributed by atoms with Gasteiger partial charge in [-0.05, 0) is 19.1 Å². The van der Waals surface area contributed by atoms with E-state index in [0.29, 0.717) is 17.9 Å². The molecule has 1 aromatic heterocycles. The van der Waals surface area contributed by atoms with Gasteiger partial charge in [0.15, 0.2) is 12.2 Å². The maximum atomic E-state index is 11.5. The minimum atomic E-state index is -0.330. The average Bonchev–Trinajstić information content (AvgIpc) is 2.83. The topological polar surface area (TPSA) is 52.3 Å². The fourth-order valence-electron chi connectivity index (χ4n) is 1.37. The van der Waals surface area contributed by atoms with E-state index in [2.05, 4.69) is 4.98 Å². The van der Waals surface area contributed by atoms with Crippen molar-refractivity contribution in [3.63, 3.8) is 0 Å². The van der Waals surface area contributed by atoms with Crippen molar-refractivity contribution < 1.29 is 13.9 Å². The van der Waals surface area contributed by atoms with Crippen molar-refractivity contribution in [2.75, 3.05) is 6.61 Å². The summed E-state index contributed by atoms with van der Waals surface area (Å²) in [7, 11) is 0. The molecule has 0 unspecified atom stereocenters. The molecule has 0 saturated heterocycles. The summed E-state index contributed by atoms with van der Waals surface area (Å²) in [5.74, 6) is 0.301. The fourth-order valence-corrected chi connectivity index (χ4v) is 1.37. The molecular weight excluding hydrogens is 206 g/mol. The van der Waals surface area contributed by atoms with Crippen LogP contribution in [-0.2, 0) is 4.74 Å². The van der Waals surface area contributed by atoms with E-state index in [1.54, 1.807) is 31.3 Å². The maximum absolute atomic E-state index is 11.5. The number of esters is 1. The molecule has 1 heterocycles. The zero-order chi connectivity index (χ0) is 11.4. The van der Waals surface area contributed by atoms with Crippen LogP contribution in [0.25, 0.3) is 11.3 Å². The summed E-state index contributed by atoms with van der Waals surface area (Å²) in [5, 5.41) is 0. The van der Waals surface area contributed by atoms with Crippen LogP contribution in [0.5, 0.6) is 0 Å². The Kier molecular flexibility index (Phi) is 3.00. The molecule has 0 radical (unpaired) electrons. The zero-order valence-electron chi connectivity index (χ0n) is 8.84. The van der Waals surface area contributed by atoms with Gasteiger partial charge >= 0.3 is 5.97 Å². The summed E-state index contributed by atoms with van der Waals surface area (Å²) in [5.41, 5.74) is 1.32. The lowest BCUT2D eigenvalue weighted by Gasteiger charge is -2.02. The number of aromatic nitrogens is 1. The predicted molar refractivity (Wildman–Crippen MR) is 57.9 cm³/mol. The van der Waals surface area contributed by atoms with Crippen molar-refractivity contribution in [1.82, 2.24) is 4.98 Å². The largest absolute Gasteiger partial charge is 0.462 e. The van der Waals surface area contributed by atoms with Crippen LogP contribution in [0.1, 0.15) is 17.3 Å². The van der Waals surface area contributed by atoms with Gasteiger partial charge < -0.3 is 9.15 Å². The third-order valence-electron chi connectivity index (χ3n) is 2.09. The third-order valence-corrected chi connectivity index (χ3v) is 2.09. The molecule has 4 nitrogen and oxygen atoms in total. The molecule has 0 aliphatic rings. The van der Waals surface area contributed by atoms with E-state index in [1.807, 2.05) is 6.07 Å². The molecule has 1 aromatic carbocycles. The first-order valence-corrected chi connectivity index (χ1v) is 4.97. The van der Waals surface area contributed by atoms with Crippen molar-refractivity contribution in [1.29, 1.82) is 0 Å². The second-order valence-corrected chi connectivity index (χ2v) is 3.17. The Morgan fingerprint density at radius 2 is 2.38 bits per heavy atom. The monoisotopic (exact) mass is 217 g/mol. The van der Waals surface area contributed by atoms with Crippen LogP contribution in [0.4, 0.5) is 0 Å². The Bertz CT molecular complexity index is 477. The van der Waals surface area contributed by atoms with Crippen molar-refractivity contribution >= 4 is 5.97 Å². The second-order valence-electron chi connectivity index (χ2n) is 3.17. The van der Waals surface area contributed by atoms with Crippen LogP contribution in [0.15, 0.2) is 41.3 Å². The molecule has 2 rings (SSSR count). The number of rotatable bonds is 3. The van der Waals surface area contributed by atoms with Gasteiger partial charge in [-0.2, -0.15) is 0 Å². The standard InChI is InChI=1S/C12H11NO3/c1-2-15-12(14)10-5-3-4-9(6-10)11-7-13-8-16-11/h3-8H,2H2,1H3. The van der Waals surface area contributed by atoms with Gasteiger partial charge in [-0.15, -0.1) is 0 Å². The minimum Gasteiger partial charge on any atom is -0.462 e. The number of ether oxygens (including phenoxy) is 1. The van der Waals surface area contributed by atoms with Crippen molar-refractivity contribution in [3.05, 3.63) is 42.4 Å². The van der Waals surface area contributed by atoms with Gasteiger partial charge in [-0.1, -0.05) is 12.1 Å². The van der Waals surface area contributed by atoms with Gasteiger partial charge in [0.25, 0.3) is 0 Å². The lowest BCUT2D eigenvalue weighted by molar-refractivity contribution is 0.0526. The molecular formula is C12H11NO3. The van der Waals surface area contributed by atoms with Gasteiger partial charge in [-0.25, -0.2) is 9.78 Å². The number of hydrogen-bond donors (Lipinski definition) is 0. The lowest BCUT2D eigenvalue weighted by atomic mass is 10.1. The zero-order valence-corrected chi connectivity index (χ0v) is 8.84. The van der Waals surface area contributed by atoms with Crippen LogP contribution in [0.2, 0.25) is 0 Å². The molecule has 2 aromatic rings. The Balaban J connectivity index is 2.30. The summed E-state index contributed by atoms with van der Waals surface area (Å²) < 4.78 is 10.1. The van der Waals surface area contributed by atoms with E-state index >= 15 is 0 Å². The average molecular weight is 217 g/mol. The maximum Gasteiger partial charge on any atom is 0.338 e. The predicted octanol–water partition coefficient (Wildman–Crippen LogP) is 2.52. The van der Waals surface area contributed by atoms with Crippen LogP contribution < -0.4 is 0 Å². The molecule has 0 aliphatic heterocycles. The van der Waals surface area contributed by atoms with Gasteiger partial charge in [0.05, 0.1) is 18.4 Å². The highest BCUT2D eigenvalue weighted by atomic mass is 16.5. The molecule has 0 bridgehead atoms. The normalized spacial score (nSPS) is 10.1. The van der Waals surface area contributed by atoms with Crippen molar-refractivity contribution in [2.45, 2.75) is 6.92 Å². The first kappa shape index (κ1) is 10.4. The van der Waals surface area contributed by atoms with E-state index in [4.69, 9.17) is 9.15 Å². The minimum absolute atomic E-state index is 0.330. The summed E-state index contributed by atoms with van der Waals surface area (Å²) in [6.45, 7) is 2.14. The molecule has 4 heteroatoms. The first-order valence-electron chi connectivity index (χ1n) is 4.97. The molecule has 0 saturated carbocycles. The van der Waals surface area contributed by atoms with Gasteiger partial charge in [0.1, 0.15) is 0 Å². The van der Waals surface area contributed by atoms with Gasteiger partial charge in [-0.3, -0.25) is 0 Å². The molecule has 82 valence electrons. The van der Waals surface area contributed by atoms with Gasteiger partial charge in [0.2, 0.25) is 0 Å². The molecule has 0 aliphatic carbocycles. The highest BCUT2D eigenvalue weighted by Gasteiger charge is 2.08. The second kappa shape index (κ2) is 4.61. The highest BCUT2D eigenvalue weighted by Crippen LogP contribution is 2.19. The molecule has 0 amide bonds. The number of carbonyl (C=O) groups excluding carboxylic acids is 1. The SMILES string of the molecule is CCOC(=O)c1cccc(-c2cnco2)c1. The molecule has 0 N–H and O–H groups in total. The molecule has 0 spiro atoms. The number of carbonyl (C=O) groups is 1. The van der Waals surface area contributed by atoms with Crippen molar-refractivity contribution in [3.8, 4) is 11.3 Å². The Morgan fingerprint density at radius 1 is 1.50 bits per heavy atom.